The number of carboxylic acids is 1. The van der Waals surface area contributed by atoms with E-state index < -0.39 is 23.8 Å². The molecule has 0 aliphatic carbocycles. The number of anilines is 1. The molecule has 9 heteroatoms. The molecule has 29 heavy (non-hydrogen) atoms. The number of hydrogen-bond donors (Lipinski definition) is 5. The Morgan fingerprint density at radius 1 is 1.17 bits per heavy atom. The molecule has 0 fully saturated rings. The molecule has 1 aromatic heterocycles. The lowest BCUT2D eigenvalue weighted by Gasteiger charge is -2.15. The van der Waals surface area contributed by atoms with Gasteiger partial charge in [0.05, 0.1) is 11.5 Å². The zero-order chi connectivity index (χ0) is 21.6. The highest BCUT2D eigenvalue weighted by atomic mass is 32.1. The number of nitrogens with one attached hydrogen (secondary N) is 2. The third kappa shape index (κ3) is 6.58. The molecule has 156 valence electrons. The molecule has 0 spiro atoms. The summed E-state index contributed by atoms with van der Waals surface area (Å²) in [7, 11) is 0. The molecule has 2 aromatic rings. The molecule has 0 unspecified atom stereocenters. The maximum absolute atomic E-state index is 11.6. The molecule has 0 saturated carbocycles. The van der Waals surface area contributed by atoms with Crippen molar-refractivity contribution in [3.05, 3.63) is 41.5 Å². The van der Waals surface area contributed by atoms with E-state index in [-0.39, 0.29) is 5.56 Å². The van der Waals surface area contributed by atoms with E-state index in [4.69, 9.17) is 11.5 Å². The molecule has 0 aliphatic heterocycles. The van der Waals surface area contributed by atoms with Gasteiger partial charge in [0.1, 0.15) is 5.00 Å². The molecule has 1 aromatic carbocycles. The lowest BCUT2D eigenvalue weighted by atomic mass is 9.97. The number of urea groups is 1. The van der Waals surface area contributed by atoms with E-state index in [2.05, 4.69) is 10.6 Å². The first-order chi connectivity index (χ1) is 13.7. The van der Waals surface area contributed by atoms with Gasteiger partial charge in [-0.05, 0) is 35.6 Å². The maximum Gasteiger partial charge on any atom is 0.317 e. The second kappa shape index (κ2) is 10.0. The third-order valence-electron chi connectivity index (χ3n) is 4.27. The summed E-state index contributed by atoms with van der Waals surface area (Å²) in [5.74, 6) is -1.58. The summed E-state index contributed by atoms with van der Waals surface area (Å²) in [4.78, 5) is 34.9. The van der Waals surface area contributed by atoms with Crippen LogP contribution in [0.4, 0.5) is 9.80 Å². The van der Waals surface area contributed by atoms with Crippen LogP contribution < -0.4 is 22.1 Å². The fourth-order valence-electron chi connectivity index (χ4n) is 2.99. The van der Waals surface area contributed by atoms with Crippen molar-refractivity contribution >= 4 is 34.2 Å². The van der Waals surface area contributed by atoms with Crippen molar-refractivity contribution in [3.63, 3.8) is 0 Å². The molecule has 3 amide bonds. The highest BCUT2D eigenvalue weighted by Gasteiger charge is 2.19. The van der Waals surface area contributed by atoms with Crippen LogP contribution in [0.2, 0.25) is 0 Å². The van der Waals surface area contributed by atoms with Gasteiger partial charge in [0.2, 0.25) is 0 Å². The number of benzene rings is 1. The minimum absolute atomic E-state index is 0.199. The molecule has 0 bridgehead atoms. The lowest BCUT2D eigenvalue weighted by molar-refractivity contribution is -0.142. The molecular formula is C20H26N4O4S. The van der Waals surface area contributed by atoms with E-state index in [1.54, 1.807) is 6.07 Å². The van der Waals surface area contributed by atoms with Gasteiger partial charge in [0.15, 0.2) is 0 Å². The Labute approximate surface area is 173 Å². The van der Waals surface area contributed by atoms with Gasteiger partial charge in [-0.1, -0.05) is 32.0 Å². The van der Waals surface area contributed by atoms with Crippen LogP contribution in [-0.2, 0) is 11.3 Å². The van der Waals surface area contributed by atoms with E-state index in [9.17, 15) is 19.5 Å². The normalized spacial score (nSPS) is 12.0. The first kappa shape index (κ1) is 22.4. The smallest absolute Gasteiger partial charge is 0.317 e. The molecule has 0 saturated heterocycles. The number of rotatable bonds is 10. The molecule has 2 rings (SSSR count). The minimum Gasteiger partial charge on any atom is -0.481 e. The Bertz CT molecular complexity index is 894. The van der Waals surface area contributed by atoms with E-state index in [0.29, 0.717) is 30.4 Å². The van der Waals surface area contributed by atoms with Crippen molar-refractivity contribution in [2.75, 3.05) is 11.9 Å². The monoisotopic (exact) mass is 418 g/mol. The molecule has 1 atom stereocenters. The SMILES string of the molecule is CC(C)C[C@H](CNCc1cccc(-c2cc(C(N)=O)c(NC(N)=O)s2)c1)C(=O)O. The van der Waals surface area contributed by atoms with Crippen molar-refractivity contribution in [2.24, 2.45) is 23.3 Å². The Hall–Kier alpha value is -2.91. The molecule has 0 aliphatic rings. The Morgan fingerprint density at radius 3 is 2.48 bits per heavy atom. The van der Waals surface area contributed by atoms with E-state index >= 15 is 0 Å². The topological polar surface area (TPSA) is 148 Å². The van der Waals surface area contributed by atoms with Crippen LogP contribution in [0.15, 0.2) is 30.3 Å². The number of amides is 3. The second-order valence-corrected chi connectivity index (χ2v) is 8.26. The summed E-state index contributed by atoms with van der Waals surface area (Å²) in [5, 5.41) is 15.3. The number of primary amides is 2. The number of carbonyl (C=O) groups excluding carboxylic acids is 2. The number of carbonyl (C=O) groups is 3. The molecule has 8 nitrogen and oxygen atoms in total. The number of thiophene rings is 1. The van der Waals surface area contributed by atoms with Crippen molar-refractivity contribution in [1.82, 2.24) is 5.32 Å². The summed E-state index contributed by atoms with van der Waals surface area (Å²) >= 11 is 1.21. The van der Waals surface area contributed by atoms with Crippen molar-refractivity contribution in [1.29, 1.82) is 0 Å². The lowest BCUT2D eigenvalue weighted by Crippen LogP contribution is -2.29. The maximum atomic E-state index is 11.6. The number of hydrogen-bond acceptors (Lipinski definition) is 5. The fraction of sp³-hybridized carbons (Fsp3) is 0.350. The van der Waals surface area contributed by atoms with Crippen LogP contribution in [0.5, 0.6) is 0 Å². The van der Waals surface area contributed by atoms with Gasteiger partial charge in [-0.2, -0.15) is 0 Å². The molecule has 0 radical (unpaired) electrons. The van der Waals surface area contributed by atoms with Crippen molar-refractivity contribution in [3.8, 4) is 10.4 Å². The Balaban J connectivity index is 2.12. The second-order valence-electron chi connectivity index (χ2n) is 7.20. The standard InChI is InChI=1S/C20H26N4O4S/c1-11(2)6-14(19(26)27)10-23-9-12-4-3-5-13(7-12)16-8-15(17(21)25)18(29-16)24-20(22)28/h3-5,7-8,11,14,23H,6,9-10H2,1-2H3,(H2,21,25)(H,26,27)(H3,22,24,28)/t14-/m1/s1. The Kier molecular flexibility index (Phi) is 7.74. The van der Waals surface area contributed by atoms with Crippen LogP contribution in [0.1, 0.15) is 36.2 Å². The van der Waals surface area contributed by atoms with Crippen LogP contribution in [0, 0.1) is 11.8 Å². The zero-order valence-corrected chi connectivity index (χ0v) is 17.2. The van der Waals surface area contributed by atoms with E-state index in [1.807, 2.05) is 38.1 Å². The average Bonchev–Trinajstić information content (AvgIpc) is 3.04. The van der Waals surface area contributed by atoms with Gasteiger partial charge in [-0.25, -0.2) is 4.79 Å². The van der Waals surface area contributed by atoms with E-state index in [0.717, 1.165) is 16.0 Å². The summed E-state index contributed by atoms with van der Waals surface area (Å²) in [6.07, 6.45) is 0.614. The largest absolute Gasteiger partial charge is 0.481 e. The van der Waals surface area contributed by atoms with Gasteiger partial charge >= 0.3 is 12.0 Å². The van der Waals surface area contributed by atoms with Crippen molar-refractivity contribution < 1.29 is 19.5 Å². The van der Waals surface area contributed by atoms with E-state index in [1.165, 1.54) is 11.3 Å². The summed E-state index contributed by atoms with van der Waals surface area (Å²) in [6, 6.07) is 8.48. The predicted molar refractivity (Wildman–Crippen MR) is 114 cm³/mol. The summed E-state index contributed by atoms with van der Waals surface area (Å²) in [5.41, 5.74) is 12.6. The first-order valence-electron chi connectivity index (χ1n) is 9.20. The minimum atomic E-state index is -0.799. The Morgan fingerprint density at radius 2 is 1.90 bits per heavy atom. The van der Waals surface area contributed by atoms with Crippen LogP contribution in [-0.4, -0.2) is 29.6 Å². The zero-order valence-electron chi connectivity index (χ0n) is 16.4. The first-order valence-corrected chi connectivity index (χ1v) is 10.0. The number of aliphatic carboxylic acids is 1. The number of nitrogens with two attached hydrogens (primary N) is 2. The van der Waals surface area contributed by atoms with Gasteiger partial charge in [0.25, 0.3) is 5.91 Å². The van der Waals surface area contributed by atoms with Gasteiger partial charge in [-0.15, -0.1) is 11.3 Å². The van der Waals surface area contributed by atoms with Gasteiger partial charge in [-0.3, -0.25) is 14.9 Å². The molecular weight excluding hydrogens is 392 g/mol. The number of carboxylic acid groups (broad SMARTS) is 1. The molecule has 7 N–H and O–H groups in total. The average molecular weight is 419 g/mol. The quantitative estimate of drug-likeness (QED) is 0.402. The van der Waals surface area contributed by atoms with Crippen LogP contribution in [0.25, 0.3) is 10.4 Å². The van der Waals surface area contributed by atoms with Crippen LogP contribution >= 0.6 is 11.3 Å². The highest BCUT2D eigenvalue weighted by molar-refractivity contribution is 7.20. The predicted octanol–water partition coefficient (Wildman–Crippen LogP) is 2.84. The summed E-state index contributed by atoms with van der Waals surface area (Å²) < 4.78 is 0. The summed E-state index contributed by atoms with van der Waals surface area (Å²) in [6.45, 7) is 4.90. The molecule has 1 heterocycles. The van der Waals surface area contributed by atoms with Crippen molar-refractivity contribution in [2.45, 2.75) is 26.8 Å². The third-order valence-corrected chi connectivity index (χ3v) is 5.37. The highest BCUT2D eigenvalue weighted by Crippen LogP contribution is 2.35. The fourth-order valence-corrected chi connectivity index (χ4v) is 4.05. The van der Waals surface area contributed by atoms with Gasteiger partial charge in [0, 0.05) is 18.0 Å². The van der Waals surface area contributed by atoms with Gasteiger partial charge < -0.3 is 21.9 Å². The van der Waals surface area contributed by atoms with Crippen LogP contribution in [0.3, 0.4) is 0 Å².